The predicted octanol–water partition coefficient (Wildman–Crippen LogP) is 2.18. The summed E-state index contributed by atoms with van der Waals surface area (Å²) in [5.74, 6) is -0.466. The molecule has 0 aliphatic carbocycles. The van der Waals surface area contributed by atoms with Crippen LogP contribution in [0.15, 0.2) is 58.6 Å². The Morgan fingerprint density at radius 1 is 1.12 bits per heavy atom. The number of benzene rings is 1. The second-order valence-corrected chi connectivity index (χ2v) is 8.82. The van der Waals surface area contributed by atoms with E-state index in [-0.39, 0.29) is 4.90 Å². The zero-order valence-corrected chi connectivity index (χ0v) is 15.2. The van der Waals surface area contributed by atoms with Gasteiger partial charge in [0.2, 0.25) is 15.9 Å². The van der Waals surface area contributed by atoms with Crippen LogP contribution in [0.2, 0.25) is 0 Å². The first-order valence-corrected chi connectivity index (χ1v) is 10.3. The van der Waals surface area contributed by atoms with Crippen molar-refractivity contribution in [2.24, 2.45) is 5.73 Å². The van der Waals surface area contributed by atoms with E-state index in [9.17, 15) is 13.2 Å². The van der Waals surface area contributed by atoms with Gasteiger partial charge in [-0.3, -0.25) is 4.79 Å². The van der Waals surface area contributed by atoms with E-state index in [1.165, 1.54) is 28.3 Å². The van der Waals surface area contributed by atoms with Crippen LogP contribution in [0.5, 0.6) is 0 Å². The van der Waals surface area contributed by atoms with E-state index < -0.39 is 21.2 Å². The Bertz CT molecular complexity index is 833. The molecule has 1 aliphatic heterocycles. The average molecular weight is 377 g/mol. The minimum absolute atomic E-state index is 0.175. The Kier molecular flexibility index (Phi) is 5.41. The first-order chi connectivity index (χ1) is 12.0. The van der Waals surface area contributed by atoms with Crippen molar-refractivity contribution in [3.05, 3.63) is 54.2 Å². The zero-order valence-electron chi connectivity index (χ0n) is 13.5. The van der Waals surface area contributed by atoms with Crippen LogP contribution < -0.4 is 5.73 Å². The van der Waals surface area contributed by atoms with Gasteiger partial charge in [-0.15, -0.1) is 0 Å². The maximum Gasteiger partial charge on any atom is 0.244 e. The number of primary amides is 1. The summed E-state index contributed by atoms with van der Waals surface area (Å²) in [7, 11) is -3.48. The number of pyridine rings is 1. The lowest BCUT2D eigenvalue weighted by Gasteiger charge is -2.16. The van der Waals surface area contributed by atoms with Crippen molar-refractivity contribution in [3.8, 4) is 0 Å². The minimum Gasteiger partial charge on any atom is -0.368 e. The molecule has 8 heteroatoms. The summed E-state index contributed by atoms with van der Waals surface area (Å²) in [6, 6.07) is 12.3. The van der Waals surface area contributed by atoms with Gasteiger partial charge in [-0.05, 0) is 30.5 Å². The van der Waals surface area contributed by atoms with Crippen LogP contribution >= 0.6 is 11.8 Å². The van der Waals surface area contributed by atoms with E-state index in [0.717, 1.165) is 18.4 Å². The van der Waals surface area contributed by atoms with Gasteiger partial charge in [0, 0.05) is 19.3 Å². The number of thioether (sulfide) groups is 1. The molecule has 1 aromatic heterocycles. The van der Waals surface area contributed by atoms with Crippen LogP contribution in [-0.2, 0) is 14.8 Å². The minimum atomic E-state index is -3.48. The molecule has 0 spiro atoms. The summed E-state index contributed by atoms with van der Waals surface area (Å²) in [6.45, 7) is 1.10. The van der Waals surface area contributed by atoms with Crippen molar-refractivity contribution in [3.63, 3.8) is 0 Å². The van der Waals surface area contributed by atoms with Crippen molar-refractivity contribution >= 4 is 27.7 Å². The van der Waals surface area contributed by atoms with Crippen LogP contribution in [0.3, 0.4) is 0 Å². The molecule has 2 N–H and O–H groups in total. The van der Waals surface area contributed by atoms with E-state index in [0.29, 0.717) is 18.1 Å². The summed E-state index contributed by atoms with van der Waals surface area (Å²) < 4.78 is 26.5. The lowest BCUT2D eigenvalue weighted by Crippen LogP contribution is -2.27. The molecule has 3 rings (SSSR count). The Morgan fingerprint density at radius 2 is 1.80 bits per heavy atom. The maximum absolute atomic E-state index is 12.5. The third-order valence-corrected chi connectivity index (χ3v) is 7.12. The standard InChI is InChI=1S/C17H19N3O3S2/c18-17(21)16(13-6-2-1-3-7-13)24-15-9-8-14(12-19-15)25(22,23)20-10-4-5-11-20/h1-3,6-9,12,16H,4-5,10-11H2,(H2,18,21). The molecule has 1 aliphatic rings. The van der Waals surface area contributed by atoms with Gasteiger partial charge in [0.05, 0.1) is 5.03 Å². The highest BCUT2D eigenvalue weighted by molar-refractivity contribution is 8.00. The molecule has 2 aromatic rings. The lowest BCUT2D eigenvalue weighted by atomic mass is 10.1. The normalized spacial score (nSPS) is 16.6. The summed E-state index contributed by atoms with van der Waals surface area (Å²) in [5, 5.41) is -0.0252. The van der Waals surface area contributed by atoms with Crippen molar-refractivity contribution < 1.29 is 13.2 Å². The number of hydrogen-bond donors (Lipinski definition) is 1. The van der Waals surface area contributed by atoms with Gasteiger partial charge >= 0.3 is 0 Å². The molecular weight excluding hydrogens is 358 g/mol. The first-order valence-electron chi connectivity index (χ1n) is 7.95. The fourth-order valence-corrected chi connectivity index (χ4v) is 5.08. The highest BCUT2D eigenvalue weighted by Crippen LogP contribution is 2.34. The highest BCUT2D eigenvalue weighted by Gasteiger charge is 2.27. The van der Waals surface area contributed by atoms with Gasteiger partial charge in [-0.1, -0.05) is 42.1 Å². The molecule has 1 aromatic carbocycles. The number of sulfonamides is 1. The fourth-order valence-electron chi connectivity index (χ4n) is 2.71. The zero-order chi connectivity index (χ0) is 17.9. The molecule has 2 heterocycles. The number of rotatable bonds is 6. The molecular formula is C17H19N3O3S2. The number of carbonyl (C=O) groups is 1. The molecule has 0 radical (unpaired) electrons. The highest BCUT2D eigenvalue weighted by atomic mass is 32.2. The molecule has 0 saturated carbocycles. The van der Waals surface area contributed by atoms with Gasteiger partial charge in [0.25, 0.3) is 0 Å². The van der Waals surface area contributed by atoms with E-state index in [2.05, 4.69) is 4.98 Å². The molecule has 1 fully saturated rings. The Balaban J connectivity index is 1.79. The molecule has 132 valence electrons. The topological polar surface area (TPSA) is 93.4 Å². The Morgan fingerprint density at radius 3 is 2.36 bits per heavy atom. The second-order valence-electron chi connectivity index (χ2n) is 5.75. The summed E-state index contributed by atoms with van der Waals surface area (Å²) in [4.78, 5) is 16.2. The van der Waals surface area contributed by atoms with Gasteiger partial charge in [-0.2, -0.15) is 4.31 Å². The van der Waals surface area contributed by atoms with E-state index in [4.69, 9.17) is 5.73 Å². The van der Waals surface area contributed by atoms with E-state index in [1.54, 1.807) is 6.07 Å². The lowest BCUT2D eigenvalue weighted by molar-refractivity contribution is -0.117. The van der Waals surface area contributed by atoms with Gasteiger partial charge in [0.1, 0.15) is 10.1 Å². The summed E-state index contributed by atoms with van der Waals surface area (Å²) in [5.41, 5.74) is 6.30. The van der Waals surface area contributed by atoms with Gasteiger partial charge in [-0.25, -0.2) is 13.4 Å². The van der Waals surface area contributed by atoms with Crippen LogP contribution in [0.4, 0.5) is 0 Å². The SMILES string of the molecule is NC(=O)C(Sc1ccc(S(=O)(=O)N2CCCC2)cn1)c1ccccc1. The monoisotopic (exact) mass is 377 g/mol. The van der Waals surface area contributed by atoms with Crippen molar-refractivity contribution in [2.45, 2.75) is 28.0 Å². The first kappa shape index (κ1) is 17.9. The summed E-state index contributed by atoms with van der Waals surface area (Å²) >= 11 is 1.21. The quantitative estimate of drug-likeness (QED) is 0.779. The Labute approximate surface area is 151 Å². The maximum atomic E-state index is 12.5. The number of nitrogens with two attached hydrogens (primary N) is 1. The average Bonchev–Trinajstić information content (AvgIpc) is 3.16. The Hall–Kier alpha value is -1.90. The number of carbonyl (C=O) groups excluding carboxylic acids is 1. The fraction of sp³-hybridized carbons (Fsp3) is 0.294. The van der Waals surface area contributed by atoms with Crippen molar-refractivity contribution in [1.29, 1.82) is 0 Å². The van der Waals surface area contributed by atoms with Crippen LogP contribution in [0.25, 0.3) is 0 Å². The number of amides is 1. The molecule has 1 unspecified atom stereocenters. The van der Waals surface area contributed by atoms with Crippen LogP contribution in [0.1, 0.15) is 23.7 Å². The third-order valence-electron chi connectivity index (χ3n) is 4.01. The van der Waals surface area contributed by atoms with Gasteiger partial charge < -0.3 is 5.73 Å². The second kappa shape index (κ2) is 7.55. The van der Waals surface area contributed by atoms with Crippen LogP contribution in [0, 0.1) is 0 Å². The smallest absolute Gasteiger partial charge is 0.244 e. The molecule has 1 saturated heterocycles. The number of nitrogens with zero attached hydrogens (tertiary/aromatic N) is 2. The van der Waals surface area contributed by atoms with Gasteiger partial charge in [0.15, 0.2) is 0 Å². The van der Waals surface area contributed by atoms with E-state index in [1.807, 2.05) is 30.3 Å². The number of aromatic nitrogens is 1. The molecule has 6 nitrogen and oxygen atoms in total. The summed E-state index contributed by atoms with van der Waals surface area (Å²) in [6.07, 6.45) is 3.12. The predicted molar refractivity (Wildman–Crippen MR) is 96.5 cm³/mol. The van der Waals surface area contributed by atoms with Crippen molar-refractivity contribution in [1.82, 2.24) is 9.29 Å². The van der Waals surface area contributed by atoms with Crippen molar-refractivity contribution in [2.75, 3.05) is 13.1 Å². The number of hydrogen-bond acceptors (Lipinski definition) is 5. The van der Waals surface area contributed by atoms with Crippen LogP contribution in [-0.4, -0.2) is 36.7 Å². The van der Waals surface area contributed by atoms with E-state index >= 15 is 0 Å². The third kappa shape index (κ3) is 4.02. The largest absolute Gasteiger partial charge is 0.368 e. The molecule has 25 heavy (non-hydrogen) atoms. The molecule has 1 atom stereocenters. The molecule has 0 bridgehead atoms. The molecule has 1 amide bonds.